The molecule has 1 aromatic carbocycles. The Morgan fingerprint density at radius 1 is 1.24 bits per heavy atom. The lowest BCUT2D eigenvalue weighted by molar-refractivity contribution is -0.142. The first-order valence-corrected chi connectivity index (χ1v) is 9.05. The van der Waals surface area contributed by atoms with Crippen LogP contribution in [0.3, 0.4) is 0 Å². The van der Waals surface area contributed by atoms with Gasteiger partial charge in [0.05, 0.1) is 6.04 Å². The second kappa shape index (κ2) is 6.26. The van der Waals surface area contributed by atoms with Crippen molar-refractivity contribution in [1.29, 1.82) is 0 Å². The summed E-state index contributed by atoms with van der Waals surface area (Å²) >= 11 is 0. The minimum atomic E-state index is -0.242. The molecule has 3 aliphatic heterocycles. The molecule has 1 aromatic rings. The molecule has 25 heavy (non-hydrogen) atoms. The molecule has 4 rings (SSSR count). The van der Waals surface area contributed by atoms with Crippen LogP contribution in [-0.4, -0.2) is 41.4 Å². The standard InChI is InChI=1S/C21H23NO3/c1-13-18(16-7-5-6-15(10-16)14(2)23)11-17-12-20(24)25-21(17)19-8-3-4-9-22(13)19/h5-7,10-13,19,21H,3-4,8-9H2,1-2H3/t13-,19?,21?/m0/s1. The highest BCUT2D eigenvalue weighted by Crippen LogP contribution is 2.38. The van der Waals surface area contributed by atoms with Gasteiger partial charge >= 0.3 is 5.97 Å². The van der Waals surface area contributed by atoms with Gasteiger partial charge in [0, 0.05) is 23.3 Å². The number of hydrogen-bond acceptors (Lipinski definition) is 4. The summed E-state index contributed by atoms with van der Waals surface area (Å²) in [7, 11) is 0. The van der Waals surface area contributed by atoms with Crippen molar-refractivity contribution < 1.29 is 14.3 Å². The molecule has 4 nitrogen and oxygen atoms in total. The van der Waals surface area contributed by atoms with Gasteiger partial charge in [0.15, 0.2) is 5.78 Å². The highest BCUT2D eigenvalue weighted by Gasteiger charge is 2.42. The Hall–Kier alpha value is -2.20. The normalized spacial score (nSPS) is 29.0. The summed E-state index contributed by atoms with van der Waals surface area (Å²) in [5.41, 5.74) is 3.89. The van der Waals surface area contributed by atoms with Gasteiger partial charge < -0.3 is 4.74 Å². The van der Waals surface area contributed by atoms with Gasteiger partial charge in [0.25, 0.3) is 0 Å². The SMILES string of the molecule is CC(=O)c1cccc(C2=CC3=CC(=O)OC3C3CCCCN3[C@H]2C)c1. The van der Waals surface area contributed by atoms with Gasteiger partial charge in [-0.3, -0.25) is 9.69 Å². The third-order valence-corrected chi connectivity index (χ3v) is 5.67. The molecule has 2 unspecified atom stereocenters. The zero-order valence-electron chi connectivity index (χ0n) is 14.7. The topological polar surface area (TPSA) is 46.6 Å². The Kier molecular flexibility index (Phi) is 4.08. The molecule has 0 bridgehead atoms. The first kappa shape index (κ1) is 16.3. The number of hydrogen-bond donors (Lipinski definition) is 0. The van der Waals surface area contributed by atoms with E-state index in [9.17, 15) is 9.59 Å². The lowest BCUT2D eigenvalue weighted by atomic mass is 9.93. The number of Topliss-reactive ketones (excluding diaryl/α,β-unsaturated/α-hetero) is 1. The first-order chi connectivity index (χ1) is 12.0. The third-order valence-electron chi connectivity index (χ3n) is 5.67. The van der Waals surface area contributed by atoms with Crippen molar-refractivity contribution >= 4 is 17.3 Å². The molecule has 0 N–H and O–H groups in total. The second-order valence-electron chi connectivity index (χ2n) is 7.22. The van der Waals surface area contributed by atoms with Crippen LogP contribution in [0, 0.1) is 0 Å². The highest BCUT2D eigenvalue weighted by atomic mass is 16.5. The third kappa shape index (κ3) is 2.85. The number of benzene rings is 1. The van der Waals surface area contributed by atoms with Crippen LogP contribution in [0.2, 0.25) is 0 Å². The van der Waals surface area contributed by atoms with Crippen LogP contribution in [0.1, 0.15) is 49.0 Å². The van der Waals surface area contributed by atoms with Crippen LogP contribution in [0.25, 0.3) is 5.57 Å². The number of carbonyl (C=O) groups is 2. The molecule has 0 saturated carbocycles. The minimum Gasteiger partial charge on any atom is -0.453 e. The molecule has 0 spiro atoms. The molecule has 3 heterocycles. The van der Waals surface area contributed by atoms with Crippen molar-refractivity contribution in [1.82, 2.24) is 4.90 Å². The van der Waals surface area contributed by atoms with E-state index in [-0.39, 0.29) is 29.9 Å². The van der Waals surface area contributed by atoms with E-state index < -0.39 is 0 Å². The molecule has 0 radical (unpaired) electrons. The summed E-state index contributed by atoms with van der Waals surface area (Å²) in [5.74, 6) is -0.177. The van der Waals surface area contributed by atoms with E-state index in [0.717, 1.165) is 29.7 Å². The Morgan fingerprint density at radius 2 is 2.08 bits per heavy atom. The molecular weight excluding hydrogens is 314 g/mol. The second-order valence-corrected chi connectivity index (χ2v) is 7.22. The Labute approximate surface area is 148 Å². The smallest absolute Gasteiger partial charge is 0.331 e. The fraction of sp³-hybridized carbons (Fsp3) is 0.429. The van der Waals surface area contributed by atoms with Crippen molar-refractivity contribution in [3.05, 3.63) is 53.1 Å². The van der Waals surface area contributed by atoms with Gasteiger partial charge in [0.2, 0.25) is 0 Å². The summed E-state index contributed by atoms with van der Waals surface area (Å²) in [6.07, 6.45) is 6.96. The lowest BCUT2D eigenvalue weighted by Crippen LogP contribution is -2.50. The molecule has 1 saturated heterocycles. The van der Waals surface area contributed by atoms with Crippen molar-refractivity contribution in [2.45, 2.75) is 51.3 Å². The van der Waals surface area contributed by atoms with Gasteiger partial charge in [-0.1, -0.05) is 24.6 Å². The molecule has 0 aliphatic carbocycles. The van der Waals surface area contributed by atoms with Gasteiger partial charge in [0.1, 0.15) is 6.10 Å². The van der Waals surface area contributed by atoms with Crippen LogP contribution >= 0.6 is 0 Å². The molecule has 1 fully saturated rings. The van der Waals surface area contributed by atoms with E-state index in [1.807, 2.05) is 24.3 Å². The zero-order chi connectivity index (χ0) is 17.6. The maximum atomic E-state index is 11.9. The van der Waals surface area contributed by atoms with Gasteiger partial charge in [-0.2, -0.15) is 0 Å². The largest absolute Gasteiger partial charge is 0.453 e. The van der Waals surface area contributed by atoms with Crippen LogP contribution in [0.4, 0.5) is 0 Å². The molecular formula is C21H23NO3. The number of nitrogens with zero attached hydrogens (tertiary/aromatic N) is 1. The molecule has 3 aliphatic rings. The van der Waals surface area contributed by atoms with E-state index in [4.69, 9.17) is 4.74 Å². The number of esters is 1. The number of piperidine rings is 1. The van der Waals surface area contributed by atoms with E-state index in [1.54, 1.807) is 13.0 Å². The Balaban J connectivity index is 1.81. The number of ether oxygens (including phenoxy) is 1. The molecule has 130 valence electrons. The zero-order valence-corrected chi connectivity index (χ0v) is 14.7. The lowest BCUT2D eigenvalue weighted by Gasteiger charge is -2.41. The highest BCUT2D eigenvalue weighted by molar-refractivity contribution is 5.95. The summed E-state index contributed by atoms with van der Waals surface area (Å²) in [6, 6.07) is 8.25. The summed E-state index contributed by atoms with van der Waals surface area (Å²) in [4.78, 5) is 26.1. The predicted octanol–water partition coefficient (Wildman–Crippen LogP) is 3.38. The Morgan fingerprint density at radius 3 is 2.88 bits per heavy atom. The summed E-state index contributed by atoms with van der Waals surface area (Å²) < 4.78 is 5.64. The van der Waals surface area contributed by atoms with Crippen LogP contribution in [0.15, 0.2) is 42.0 Å². The number of carbonyl (C=O) groups excluding carboxylic acids is 2. The summed E-state index contributed by atoms with van der Waals surface area (Å²) in [6.45, 7) is 4.82. The van der Waals surface area contributed by atoms with Crippen LogP contribution in [-0.2, 0) is 9.53 Å². The van der Waals surface area contributed by atoms with Gasteiger partial charge in [-0.25, -0.2) is 4.79 Å². The van der Waals surface area contributed by atoms with E-state index >= 15 is 0 Å². The number of rotatable bonds is 2. The average molecular weight is 337 g/mol. The fourth-order valence-corrected chi connectivity index (χ4v) is 4.38. The van der Waals surface area contributed by atoms with Crippen molar-refractivity contribution in [2.24, 2.45) is 0 Å². The molecule has 3 atom stereocenters. The van der Waals surface area contributed by atoms with E-state index in [0.29, 0.717) is 5.56 Å². The molecule has 4 heteroatoms. The van der Waals surface area contributed by atoms with E-state index in [1.165, 1.54) is 12.8 Å². The monoisotopic (exact) mass is 337 g/mol. The quantitative estimate of drug-likeness (QED) is 0.613. The predicted molar refractivity (Wildman–Crippen MR) is 96.2 cm³/mol. The van der Waals surface area contributed by atoms with Crippen LogP contribution < -0.4 is 0 Å². The summed E-state index contributed by atoms with van der Waals surface area (Å²) in [5, 5.41) is 0. The van der Waals surface area contributed by atoms with Gasteiger partial charge in [-0.05, 0) is 56.5 Å². The van der Waals surface area contributed by atoms with Gasteiger partial charge in [-0.15, -0.1) is 0 Å². The van der Waals surface area contributed by atoms with Crippen molar-refractivity contribution in [3.63, 3.8) is 0 Å². The van der Waals surface area contributed by atoms with Crippen LogP contribution in [0.5, 0.6) is 0 Å². The average Bonchev–Trinajstić information content (AvgIpc) is 2.94. The fourth-order valence-electron chi connectivity index (χ4n) is 4.38. The molecule has 0 aromatic heterocycles. The Bertz CT molecular complexity index is 792. The van der Waals surface area contributed by atoms with Crippen molar-refractivity contribution in [2.75, 3.05) is 6.54 Å². The number of ketones is 1. The maximum Gasteiger partial charge on any atom is 0.331 e. The number of fused-ring (bicyclic) bond motifs is 3. The molecule has 0 amide bonds. The van der Waals surface area contributed by atoms with E-state index in [2.05, 4.69) is 17.9 Å². The minimum absolute atomic E-state index is 0.0658. The van der Waals surface area contributed by atoms with Crippen molar-refractivity contribution in [3.8, 4) is 0 Å². The maximum absolute atomic E-state index is 11.9. The first-order valence-electron chi connectivity index (χ1n) is 9.05.